The second-order valence-corrected chi connectivity index (χ2v) is 6.62. The van der Waals surface area contributed by atoms with Gasteiger partial charge in [0, 0.05) is 18.1 Å². The average molecular weight is 368 g/mol. The highest BCUT2D eigenvalue weighted by Crippen LogP contribution is 2.34. The lowest BCUT2D eigenvalue weighted by Gasteiger charge is -2.20. The topological polar surface area (TPSA) is 52.9 Å². The summed E-state index contributed by atoms with van der Waals surface area (Å²) in [5, 5.41) is 16.3. The van der Waals surface area contributed by atoms with Crippen molar-refractivity contribution in [2.45, 2.75) is 12.5 Å². The van der Waals surface area contributed by atoms with Crippen molar-refractivity contribution in [3.63, 3.8) is 0 Å². The van der Waals surface area contributed by atoms with Crippen LogP contribution in [-0.2, 0) is 4.79 Å². The van der Waals surface area contributed by atoms with E-state index in [1.54, 1.807) is 24.3 Å². The molecule has 0 radical (unpaired) electrons. The van der Waals surface area contributed by atoms with Gasteiger partial charge in [-0.1, -0.05) is 72.8 Å². The molecule has 28 heavy (non-hydrogen) atoms. The number of benzene rings is 3. The minimum Gasteiger partial charge on any atom is -0.507 e. The van der Waals surface area contributed by atoms with Crippen molar-refractivity contribution in [3.05, 3.63) is 108 Å². The first-order valence-electron chi connectivity index (χ1n) is 9.19. The van der Waals surface area contributed by atoms with Crippen molar-refractivity contribution in [2.75, 3.05) is 0 Å². The molecule has 138 valence electrons. The number of aromatic hydroxyl groups is 1. The molecular formula is C24H20N2O2. The summed E-state index contributed by atoms with van der Waals surface area (Å²) in [6, 6.07) is 26.4. The standard InChI is InChI=1S/C24H20N2O2/c27-23-14-8-7-13-20(23)21-17-22(19-11-5-2-6-12-19)26(25-21)24(28)16-15-18-9-3-1-4-10-18/h1-16,22,27H,17H2/b16-15+. The van der Waals surface area contributed by atoms with E-state index in [1.807, 2.05) is 72.8 Å². The normalized spacial score (nSPS) is 16.4. The Balaban J connectivity index is 1.66. The molecule has 4 heteroatoms. The molecule has 0 aliphatic carbocycles. The van der Waals surface area contributed by atoms with E-state index >= 15 is 0 Å². The van der Waals surface area contributed by atoms with Crippen molar-refractivity contribution in [2.24, 2.45) is 5.10 Å². The quantitative estimate of drug-likeness (QED) is 0.674. The van der Waals surface area contributed by atoms with Crippen LogP contribution in [0.25, 0.3) is 6.08 Å². The van der Waals surface area contributed by atoms with Crippen LogP contribution in [0.2, 0.25) is 0 Å². The van der Waals surface area contributed by atoms with E-state index in [-0.39, 0.29) is 17.7 Å². The van der Waals surface area contributed by atoms with E-state index in [0.717, 1.165) is 11.1 Å². The van der Waals surface area contributed by atoms with E-state index in [1.165, 1.54) is 5.01 Å². The predicted octanol–water partition coefficient (Wildman–Crippen LogP) is 4.78. The summed E-state index contributed by atoms with van der Waals surface area (Å²) in [5.74, 6) is -0.0229. The van der Waals surface area contributed by atoms with E-state index in [4.69, 9.17) is 0 Å². The van der Waals surface area contributed by atoms with Crippen molar-refractivity contribution >= 4 is 17.7 Å². The van der Waals surface area contributed by atoms with Crippen LogP contribution in [0.5, 0.6) is 5.75 Å². The number of nitrogens with zero attached hydrogens (tertiary/aromatic N) is 2. The largest absolute Gasteiger partial charge is 0.507 e. The Morgan fingerprint density at radius 3 is 2.29 bits per heavy atom. The first-order valence-corrected chi connectivity index (χ1v) is 9.19. The number of phenols is 1. The fraction of sp³-hybridized carbons (Fsp3) is 0.0833. The maximum absolute atomic E-state index is 12.9. The molecule has 1 heterocycles. The fourth-order valence-electron chi connectivity index (χ4n) is 3.34. The monoisotopic (exact) mass is 368 g/mol. The number of carbonyl (C=O) groups is 1. The van der Waals surface area contributed by atoms with Gasteiger partial charge in [0.05, 0.1) is 11.8 Å². The van der Waals surface area contributed by atoms with Gasteiger partial charge in [-0.05, 0) is 29.3 Å². The van der Waals surface area contributed by atoms with Crippen LogP contribution in [0.15, 0.2) is 96.1 Å². The van der Waals surface area contributed by atoms with Crippen molar-refractivity contribution in [1.82, 2.24) is 5.01 Å². The third-order valence-electron chi connectivity index (χ3n) is 4.75. The van der Waals surface area contributed by atoms with E-state index in [0.29, 0.717) is 17.7 Å². The summed E-state index contributed by atoms with van der Waals surface area (Å²) in [7, 11) is 0. The molecule has 4 nitrogen and oxygen atoms in total. The van der Waals surface area contributed by atoms with Crippen LogP contribution in [0.3, 0.4) is 0 Å². The summed E-state index contributed by atoms with van der Waals surface area (Å²) in [6.07, 6.45) is 3.88. The van der Waals surface area contributed by atoms with Gasteiger partial charge < -0.3 is 5.11 Å². The average Bonchev–Trinajstić information content (AvgIpc) is 3.19. The zero-order valence-electron chi connectivity index (χ0n) is 15.3. The van der Waals surface area contributed by atoms with Gasteiger partial charge in [-0.25, -0.2) is 5.01 Å². The molecule has 0 saturated carbocycles. The number of amides is 1. The van der Waals surface area contributed by atoms with Crippen LogP contribution in [-0.4, -0.2) is 21.7 Å². The molecule has 3 aromatic rings. The van der Waals surface area contributed by atoms with Crippen LogP contribution < -0.4 is 0 Å². The molecule has 3 aromatic carbocycles. The molecule has 1 amide bonds. The summed E-state index contributed by atoms with van der Waals surface area (Å²) in [4.78, 5) is 12.9. The Kier molecular flexibility index (Phi) is 5.02. The fourth-order valence-corrected chi connectivity index (χ4v) is 3.34. The zero-order chi connectivity index (χ0) is 19.3. The minimum atomic E-state index is -0.205. The number of para-hydroxylation sites is 1. The number of hydrogen-bond donors (Lipinski definition) is 1. The molecule has 1 N–H and O–H groups in total. The van der Waals surface area contributed by atoms with E-state index in [2.05, 4.69) is 5.10 Å². The van der Waals surface area contributed by atoms with Crippen LogP contribution in [0, 0.1) is 0 Å². The molecule has 0 bridgehead atoms. The number of hydrazone groups is 1. The highest BCUT2D eigenvalue weighted by Gasteiger charge is 2.32. The van der Waals surface area contributed by atoms with Crippen LogP contribution >= 0.6 is 0 Å². The van der Waals surface area contributed by atoms with Crippen molar-refractivity contribution in [1.29, 1.82) is 0 Å². The molecule has 0 fully saturated rings. The van der Waals surface area contributed by atoms with Gasteiger partial charge in [-0.15, -0.1) is 0 Å². The molecule has 4 rings (SSSR count). The Morgan fingerprint density at radius 2 is 1.57 bits per heavy atom. The van der Waals surface area contributed by atoms with Gasteiger partial charge >= 0.3 is 0 Å². The second kappa shape index (κ2) is 7.92. The molecule has 0 aromatic heterocycles. The molecule has 1 unspecified atom stereocenters. The van der Waals surface area contributed by atoms with Gasteiger partial charge in [0.25, 0.3) is 5.91 Å². The number of phenolic OH excluding ortho intramolecular Hbond substituents is 1. The second-order valence-electron chi connectivity index (χ2n) is 6.62. The lowest BCUT2D eigenvalue weighted by Crippen LogP contribution is -2.25. The molecule has 0 spiro atoms. The Bertz CT molecular complexity index is 1030. The highest BCUT2D eigenvalue weighted by molar-refractivity contribution is 6.06. The van der Waals surface area contributed by atoms with Gasteiger partial charge in [0.2, 0.25) is 0 Å². The maximum atomic E-state index is 12.9. The Labute approximate surface area is 164 Å². The zero-order valence-corrected chi connectivity index (χ0v) is 15.3. The first kappa shape index (κ1) is 17.7. The Hall–Kier alpha value is -3.66. The summed E-state index contributed by atoms with van der Waals surface area (Å²) < 4.78 is 0. The molecule has 0 saturated heterocycles. The number of hydrogen-bond acceptors (Lipinski definition) is 3. The minimum absolute atomic E-state index is 0.169. The summed E-state index contributed by atoms with van der Waals surface area (Å²) in [6.45, 7) is 0. The van der Waals surface area contributed by atoms with Gasteiger partial charge in [-0.3, -0.25) is 4.79 Å². The summed E-state index contributed by atoms with van der Waals surface area (Å²) >= 11 is 0. The smallest absolute Gasteiger partial charge is 0.267 e. The lowest BCUT2D eigenvalue weighted by molar-refractivity contribution is -0.127. The number of carbonyl (C=O) groups excluding carboxylic acids is 1. The summed E-state index contributed by atoms with van der Waals surface area (Å²) in [5.41, 5.74) is 3.33. The third kappa shape index (κ3) is 3.71. The first-order chi connectivity index (χ1) is 13.7. The number of rotatable bonds is 4. The van der Waals surface area contributed by atoms with Gasteiger partial charge in [0.15, 0.2) is 0 Å². The predicted molar refractivity (Wildman–Crippen MR) is 111 cm³/mol. The lowest BCUT2D eigenvalue weighted by atomic mass is 9.98. The highest BCUT2D eigenvalue weighted by atomic mass is 16.3. The third-order valence-corrected chi connectivity index (χ3v) is 4.75. The molecule has 1 aliphatic heterocycles. The van der Waals surface area contributed by atoms with E-state index < -0.39 is 0 Å². The SMILES string of the molecule is O=C(/C=C/c1ccccc1)N1N=C(c2ccccc2O)CC1c1ccccc1. The Morgan fingerprint density at radius 1 is 0.929 bits per heavy atom. The van der Waals surface area contributed by atoms with Gasteiger partial charge in [0.1, 0.15) is 5.75 Å². The van der Waals surface area contributed by atoms with E-state index in [9.17, 15) is 9.90 Å². The van der Waals surface area contributed by atoms with Crippen LogP contribution in [0.4, 0.5) is 0 Å². The molecule has 1 aliphatic rings. The molecule has 1 atom stereocenters. The van der Waals surface area contributed by atoms with Gasteiger partial charge in [-0.2, -0.15) is 5.10 Å². The molecular weight excluding hydrogens is 348 g/mol. The van der Waals surface area contributed by atoms with Crippen molar-refractivity contribution < 1.29 is 9.90 Å². The maximum Gasteiger partial charge on any atom is 0.267 e. The van der Waals surface area contributed by atoms with Crippen molar-refractivity contribution in [3.8, 4) is 5.75 Å². The van der Waals surface area contributed by atoms with Crippen LogP contribution in [0.1, 0.15) is 29.2 Å².